The van der Waals surface area contributed by atoms with Crippen molar-refractivity contribution in [3.8, 4) is 0 Å². The molecular formula is C11H15N5S2. The maximum atomic E-state index is 5.48. The van der Waals surface area contributed by atoms with Crippen molar-refractivity contribution in [2.24, 2.45) is 5.84 Å². The first-order chi connectivity index (χ1) is 8.74. The number of hydrogen-bond donors (Lipinski definition) is 2. The molecular weight excluding hydrogens is 266 g/mol. The molecule has 0 bridgehead atoms. The molecule has 2 heterocycles. The van der Waals surface area contributed by atoms with E-state index in [1.807, 2.05) is 12.3 Å². The number of aromatic nitrogens is 3. The minimum absolute atomic E-state index is 0.697. The van der Waals surface area contributed by atoms with E-state index in [0.29, 0.717) is 5.82 Å². The normalized spacial score (nSPS) is 10.6. The summed E-state index contributed by atoms with van der Waals surface area (Å²) in [5.74, 6) is 6.18. The van der Waals surface area contributed by atoms with E-state index in [9.17, 15) is 0 Å². The van der Waals surface area contributed by atoms with Crippen molar-refractivity contribution in [1.82, 2.24) is 15.0 Å². The maximum absolute atomic E-state index is 5.48. The number of aryl methyl sites for hydroxylation is 1. The monoisotopic (exact) mass is 281 g/mol. The lowest BCUT2D eigenvalue weighted by Gasteiger charge is -2.10. The van der Waals surface area contributed by atoms with Crippen LogP contribution in [0, 0.1) is 6.92 Å². The minimum Gasteiger partial charge on any atom is -0.308 e. The van der Waals surface area contributed by atoms with Crippen LogP contribution in [-0.4, -0.2) is 15.0 Å². The number of rotatable bonds is 5. The fraction of sp³-hybridized carbons (Fsp3) is 0.364. The number of hydrazine groups is 1. The fourth-order valence-corrected chi connectivity index (χ4v) is 3.42. The summed E-state index contributed by atoms with van der Waals surface area (Å²) < 4.78 is 0.992. The van der Waals surface area contributed by atoms with Gasteiger partial charge in [0, 0.05) is 16.6 Å². The number of nitrogens with one attached hydrogen (secondary N) is 1. The summed E-state index contributed by atoms with van der Waals surface area (Å²) in [6.45, 7) is 4.11. The topological polar surface area (TPSA) is 76.7 Å². The van der Waals surface area contributed by atoms with E-state index in [2.05, 4.69) is 27.3 Å². The number of nitrogens with two attached hydrogens (primary N) is 1. The van der Waals surface area contributed by atoms with Crippen LogP contribution in [0.5, 0.6) is 0 Å². The quantitative estimate of drug-likeness (QED) is 0.498. The molecule has 2 rings (SSSR count). The van der Waals surface area contributed by atoms with Gasteiger partial charge < -0.3 is 5.43 Å². The molecule has 0 aliphatic carbocycles. The summed E-state index contributed by atoms with van der Waals surface area (Å²) in [6, 6.07) is 0. The Bertz CT molecular complexity index is 526. The van der Waals surface area contributed by atoms with Gasteiger partial charge in [-0.2, -0.15) is 0 Å². The van der Waals surface area contributed by atoms with E-state index in [-0.39, 0.29) is 0 Å². The SMILES string of the molecule is CCCc1c(NN)ncnc1Sc1nc(C)cs1. The van der Waals surface area contributed by atoms with E-state index >= 15 is 0 Å². The molecule has 0 unspecified atom stereocenters. The second kappa shape index (κ2) is 6.12. The Labute approximate surface area is 114 Å². The molecule has 0 atom stereocenters. The van der Waals surface area contributed by atoms with Crippen molar-refractivity contribution in [3.05, 3.63) is 23.0 Å². The van der Waals surface area contributed by atoms with Gasteiger partial charge in [-0.1, -0.05) is 13.3 Å². The second-order valence-electron chi connectivity index (χ2n) is 3.76. The molecule has 7 heteroatoms. The molecule has 5 nitrogen and oxygen atoms in total. The first kappa shape index (κ1) is 13.3. The van der Waals surface area contributed by atoms with Gasteiger partial charge in [-0.05, 0) is 25.1 Å². The van der Waals surface area contributed by atoms with E-state index in [0.717, 1.165) is 33.5 Å². The number of hydrogen-bond acceptors (Lipinski definition) is 7. The zero-order valence-electron chi connectivity index (χ0n) is 10.3. The van der Waals surface area contributed by atoms with Crippen LogP contribution in [0.2, 0.25) is 0 Å². The smallest absolute Gasteiger partial charge is 0.156 e. The van der Waals surface area contributed by atoms with Gasteiger partial charge in [0.15, 0.2) is 4.34 Å². The summed E-state index contributed by atoms with van der Waals surface area (Å²) in [6.07, 6.45) is 3.44. The van der Waals surface area contributed by atoms with Crippen LogP contribution in [0.4, 0.5) is 5.82 Å². The zero-order chi connectivity index (χ0) is 13.0. The van der Waals surface area contributed by atoms with Crippen molar-refractivity contribution in [3.63, 3.8) is 0 Å². The number of thiazole rings is 1. The van der Waals surface area contributed by atoms with Crippen molar-refractivity contribution >= 4 is 28.9 Å². The molecule has 18 heavy (non-hydrogen) atoms. The molecule has 0 radical (unpaired) electrons. The van der Waals surface area contributed by atoms with Crippen molar-refractivity contribution in [1.29, 1.82) is 0 Å². The van der Waals surface area contributed by atoms with Crippen LogP contribution in [-0.2, 0) is 6.42 Å². The average Bonchev–Trinajstić information content (AvgIpc) is 2.77. The Hall–Kier alpha value is -1.18. The molecule has 0 saturated heterocycles. The highest BCUT2D eigenvalue weighted by Gasteiger charge is 2.12. The van der Waals surface area contributed by atoms with E-state index in [4.69, 9.17) is 5.84 Å². The molecule has 0 spiro atoms. The van der Waals surface area contributed by atoms with Crippen LogP contribution >= 0.6 is 23.1 Å². The molecule has 0 aliphatic rings. The van der Waals surface area contributed by atoms with Gasteiger partial charge in [0.2, 0.25) is 0 Å². The highest BCUT2D eigenvalue weighted by Crippen LogP contribution is 2.33. The molecule has 2 aromatic rings. The fourth-order valence-electron chi connectivity index (χ4n) is 1.55. The van der Waals surface area contributed by atoms with Crippen LogP contribution in [0.25, 0.3) is 0 Å². The maximum Gasteiger partial charge on any atom is 0.156 e. The average molecular weight is 281 g/mol. The molecule has 96 valence electrons. The predicted molar refractivity (Wildman–Crippen MR) is 74.8 cm³/mol. The lowest BCUT2D eigenvalue weighted by atomic mass is 10.2. The van der Waals surface area contributed by atoms with Crippen molar-refractivity contribution < 1.29 is 0 Å². The van der Waals surface area contributed by atoms with Crippen LogP contribution in [0.15, 0.2) is 21.1 Å². The summed E-state index contributed by atoms with van der Waals surface area (Å²) in [7, 11) is 0. The highest BCUT2D eigenvalue weighted by molar-refractivity contribution is 8.01. The van der Waals surface area contributed by atoms with E-state index in [1.54, 1.807) is 23.1 Å². The van der Waals surface area contributed by atoms with Crippen molar-refractivity contribution in [2.45, 2.75) is 36.1 Å². The lowest BCUT2D eigenvalue weighted by molar-refractivity contribution is 0.856. The third-order valence-electron chi connectivity index (χ3n) is 2.32. The third-order valence-corrected chi connectivity index (χ3v) is 4.43. The number of nitrogens with zero attached hydrogens (tertiary/aromatic N) is 3. The van der Waals surface area contributed by atoms with Gasteiger partial charge in [-0.15, -0.1) is 11.3 Å². The number of anilines is 1. The lowest BCUT2D eigenvalue weighted by Crippen LogP contribution is -2.12. The van der Waals surface area contributed by atoms with Crippen LogP contribution in [0.3, 0.4) is 0 Å². The second-order valence-corrected chi connectivity index (χ2v) is 5.85. The standard InChI is InChI=1S/C11H15N5S2/c1-3-4-8-9(16-12)13-6-14-10(8)18-11-15-7(2)5-17-11/h5-6H,3-4,12H2,1-2H3,(H,13,14,16). The van der Waals surface area contributed by atoms with Crippen molar-refractivity contribution in [2.75, 3.05) is 5.43 Å². The van der Waals surface area contributed by atoms with Gasteiger partial charge in [0.1, 0.15) is 17.2 Å². The first-order valence-electron chi connectivity index (χ1n) is 5.65. The van der Waals surface area contributed by atoms with Crippen LogP contribution < -0.4 is 11.3 Å². The molecule has 0 amide bonds. The largest absolute Gasteiger partial charge is 0.308 e. The molecule has 0 fully saturated rings. The molecule has 3 N–H and O–H groups in total. The first-order valence-corrected chi connectivity index (χ1v) is 7.34. The summed E-state index contributed by atoms with van der Waals surface area (Å²) in [5.41, 5.74) is 4.72. The van der Waals surface area contributed by atoms with E-state index in [1.165, 1.54) is 6.33 Å². The Balaban J connectivity index is 2.31. The Morgan fingerprint density at radius 2 is 2.28 bits per heavy atom. The Morgan fingerprint density at radius 1 is 1.44 bits per heavy atom. The Kier molecular flexibility index (Phi) is 4.51. The van der Waals surface area contributed by atoms with Gasteiger partial charge in [0.25, 0.3) is 0 Å². The Morgan fingerprint density at radius 3 is 2.89 bits per heavy atom. The van der Waals surface area contributed by atoms with Crippen LogP contribution in [0.1, 0.15) is 24.6 Å². The van der Waals surface area contributed by atoms with Gasteiger partial charge >= 0.3 is 0 Å². The molecule has 0 aromatic carbocycles. The summed E-state index contributed by atoms with van der Waals surface area (Å²) in [4.78, 5) is 12.9. The summed E-state index contributed by atoms with van der Waals surface area (Å²) in [5, 5.41) is 2.96. The van der Waals surface area contributed by atoms with Gasteiger partial charge in [-0.3, -0.25) is 0 Å². The minimum atomic E-state index is 0.697. The molecule has 0 aliphatic heterocycles. The predicted octanol–water partition coefficient (Wildman–Crippen LogP) is 2.63. The third kappa shape index (κ3) is 2.98. The molecule has 0 saturated carbocycles. The van der Waals surface area contributed by atoms with Gasteiger partial charge in [-0.25, -0.2) is 20.8 Å². The van der Waals surface area contributed by atoms with Gasteiger partial charge in [0.05, 0.1) is 0 Å². The summed E-state index contributed by atoms with van der Waals surface area (Å²) >= 11 is 3.19. The zero-order valence-corrected chi connectivity index (χ0v) is 11.9. The highest BCUT2D eigenvalue weighted by atomic mass is 32.2. The number of nitrogen functional groups attached to an aromatic ring is 1. The molecule has 2 aromatic heterocycles. The van der Waals surface area contributed by atoms with E-state index < -0.39 is 0 Å².